The van der Waals surface area contributed by atoms with Crippen molar-refractivity contribution in [1.82, 2.24) is 9.69 Å². The number of rotatable bonds is 4. The number of amides is 1. The number of aromatic nitrogens is 1. The van der Waals surface area contributed by atoms with Gasteiger partial charge in [0.05, 0.1) is 0 Å². The highest BCUT2D eigenvalue weighted by Gasteiger charge is 2.27. The largest absolute Gasteiger partial charge is 0.382 e. The number of nitrogens with one attached hydrogen (secondary N) is 2. The molecule has 1 aliphatic carbocycles. The molecule has 1 fully saturated rings. The zero-order valence-corrected chi connectivity index (χ0v) is 14.1. The highest BCUT2D eigenvalue weighted by atomic mass is 32.1. The second-order valence-electron chi connectivity index (χ2n) is 6.66. The van der Waals surface area contributed by atoms with Crippen molar-refractivity contribution in [2.75, 3.05) is 11.1 Å². The Hall–Kier alpha value is -1.30. The molecule has 2 unspecified atom stereocenters. The van der Waals surface area contributed by atoms with Crippen LogP contribution in [0.2, 0.25) is 0 Å². The number of nitrogens with two attached hydrogens (primary N) is 1. The van der Waals surface area contributed by atoms with Gasteiger partial charge in [0.15, 0.2) is 5.82 Å². The minimum absolute atomic E-state index is 0.0828. The number of nitrogen functional groups attached to an aromatic ring is 1. The zero-order valence-electron chi connectivity index (χ0n) is 13.3. The Balaban J connectivity index is 2.12. The molecule has 0 radical (unpaired) electrons. The van der Waals surface area contributed by atoms with E-state index in [9.17, 15) is 4.79 Å². The van der Waals surface area contributed by atoms with E-state index in [2.05, 4.69) is 28.9 Å². The molecular formula is C15H26N4OS. The van der Waals surface area contributed by atoms with E-state index in [1.165, 1.54) is 18.0 Å². The van der Waals surface area contributed by atoms with E-state index in [1.54, 1.807) is 0 Å². The van der Waals surface area contributed by atoms with Gasteiger partial charge in [-0.1, -0.05) is 13.8 Å². The summed E-state index contributed by atoms with van der Waals surface area (Å²) in [4.78, 5) is 12.3. The van der Waals surface area contributed by atoms with E-state index in [0.717, 1.165) is 17.8 Å². The van der Waals surface area contributed by atoms with Gasteiger partial charge in [-0.3, -0.25) is 4.79 Å². The lowest BCUT2D eigenvalue weighted by atomic mass is 9.80. The first-order chi connectivity index (χ1) is 9.86. The predicted molar refractivity (Wildman–Crippen MR) is 88.7 cm³/mol. The highest BCUT2D eigenvalue weighted by molar-refractivity contribution is 7.11. The average Bonchev–Trinajstić information content (AvgIpc) is 2.68. The fourth-order valence-corrected chi connectivity index (χ4v) is 3.99. The molecule has 0 spiro atoms. The van der Waals surface area contributed by atoms with Crippen molar-refractivity contribution in [3.8, 4) is 0 Å². The molecule has 1 heterocycles. The number of hydrogen-bond donors (Lipinski definition) is 3. The SMILES string of the molecule is CC1CC(C)CC(Nc2snc(N)c2C(=O)NC(C)C)C1. The van der Waals surface area contributed by atoms with Crippen molar-refractivity contribution in [1.29, 1.82) is 0 Å². The predicted octanol–water partition coefficient (Wildman–Crippen LogP) is 3.10. The van der Waals surface area contributed by atoms with E-state index < -0.39 is 0 Å². The second kappa shape index (κ2) is 6.64. The second-order valence-corrected chi connectivity index (χ2v) is 7.43. The van der Waals surface area contributed by atoms with Crippen LogP contribution in [0.5, 0.6) is 0 Å². The Morgan fingerprint density at radius 3 is 2.48 bits per heavy atom. The molecule has 6 heteroatoms. The summed E-state index contributed by atoms with van der Waals surface area (Å²) in [6.45, 7) is 8.45. The molecule has 0 aromatic carbocycles. The van der Waals surface area contributed by atoms with Gasteiger partial charge >= 0.3 is 0 Å². The van der Waals surface area contributed by atoms with Crippen LogP contribution >= 0.6 is 11.5 Å². The van der Waals surface area contributed by atoms with Gasteiger partial charge in [0, 0.05) is 12.1 Å². The van der Waals surface area contributed by atoms with Crippen LogP contribution < -0.4 is 16.4 Å². The molecule has 0 saturated heterocycles. The van der Waals surface area contributed by atoms with Gasteiger partial charge in [-0.2, -0.15) is 4.37 Å². The van der Waals surface area contributed by atoms with Crippen LogP contribution in [0, 0.1) is 11.8 Å². The van der Waals surface area contributed by atoms with E-state index >= 15 is 0 Å². The summed E-state index contributed by atoms with van der Waals surface area (Å²) in [5.41, 5.74) is 6.38. The lowest BCUT2D eigenvalue weighted by molar-refractivity contribution is 0.0945. The van der Waals surface area contributed by atoms with Crippen molar-refractivity contribution in [2.45, 2.75) is 59.0 Å². The third kappa shape index (κ3) is 4.09. The number of nitrogens with zero attached hydrogens (tertiary/aromatic N) is 1. The summed E-state index contributed by atoms with van der Waals surface area (Å²) >= 11 is 1.28. The maximum atomic E-state index is 12.3. The summed E-state index contributed by atoms with van der Waals surface area (Å²) in [5, 5.41) is 7.19. The van der Waals surface area contributed by atoms with Gasteiger partial charge < -0.3 is 16.4 Å². The number of anilines is 2. The Morgan fingerprint density at radius 2 is 1.90 bits per heavy atom. The van der Waals surface area contributed by atoms with Crippen molar-refractivity contribution in [3.05, 3.63) is 5.56 Å². The van der Waals surface area contributed by atoms with Crippen LogP contribution in [-0.4, -0.2) is 22.4 Å². The molecule has 2 rings (SSSR count). The fraction of sp³-hybridized carbons (Fsp3) is 0.733. The first-order valence-corrected chi connectivity index (χ1v) is 8.46. The minimum Gasteiger partial charge on any atom is -0.382 e. The molecule has 1 saturated carbocycles. The molecule has 0 bridgehead atoms. The molecule has 21 heavy (non-hydrogen) atoms. The fourth-order valence-electron chi connectivity index (χ4n) is 3.20. The van der Waals surface area contributed by atoms with Gasteiger partial charge in [-0.25, -0.2) is 0 Å². The summed E-state index contributed by atoms with van der Waals surface area (Å²) in [7, 11) is 0. The molecule has 4 N–H and O–H groups in total. The molecule has 0 aliphatic heterocycles. The van der Waals surface area contributed by atoms with Gasteiger partial charge in [-0.05, 0) is 56.5 Å². The van der Waals surface area contributed by atoms with Crippen LogP contribution in [0.15, 0.2) is 0 Å². The first-order valence-electron chi connectivity index (χ1n) is 7.69. The lowest BCUT2D eigenvalue weighted by Gasteiger charge is -2.32. The Bertz CT molecular complexity index is 490. The lowest BCUT2D eigenvalue weighted by Crippen LogP contribution is -2.33. The topological polar surface area (TPSA) is 80.0 Å². The van der Waals surface area contributed by atoms with Crippen LogP contribution in [-0.2, 0) is 0 Å². The zero-order chi connectivity index (χ0) is 15.6. The quantitative estimate of drug-likeness (QED) is 0.798. The average molecular weight is 310 g/mol. The number of carbonyl (C=O) groups is 1. The van der Waals surface area contributed by atoms with Crippen LogP contribution in [0.25, 0.3) is 0 Å². The molecule has 5 nitrogen and oxygen atoms in total. The van der Waals surface area contributed by atoms with Crippen molar-refractivity contribution >= 4 is 28.3 Å². The Kier molecular flexibility index (Phi) is 5.08. The maximum absolute atomic E-state index is 12.3. The van der Waals surface area contributed by atoms with Gasteiger partial charge in [0.25, 0.3) is 5.91 Å². The Morgan fingerprint density at radius 1 is 1.29 bits per heavy atom. The summed E-state index contributed by atoms with van der Waals surface area (Å²) in [6.07, 6.45) is 3.55. The monoisotopic (exact) mass is 310 g/mol. The normalized spacial score (nSPS) is 25.9. The van der Waals surface area contributed by atoms with E-state index in [0.29, 0.717) is 29.3 Å². The molecule has 1 aromatic heterocycles. The van der Waals surface area contributed by atoms with Gasteiger partial charge in [0.1, 0.15) is 10.6 Å². The standard InChI is InChI=1S/C15H26N4OS/c1-8(2)17-14(20)12-13(16)19-21-15(12)18-11-6-9(3)5-10(4)7-11/h8-11,18H,5-7H2,1-4H3,(H2,16,19)(H,17,20). The summed E-state index contributed by atoms with van der Waals surface area (Å²) < 4.78 is 4.14. The molecule has 118 valence electrons. The van der Waals surface area contributed by atoms with Gasteiger partial charge in [-0.15, -0.1) is 0 Å². The Labute approximate surface area is 130 Å². The summed E-state index contributed by atoms with van der Waals surface area (Å²) in [6, 6.07) is 0.480. The third-order valence-corrected chi connectivity index (χ3v) is 4.67. The van der Waals surface area contributed by atoms with Gasteiger partial charge in [0.2, 0.25) is 0 Å². The van der Waals surface area contributed by atoms with E-state index in [1.807, 2.05) is 13.8 Å². The maximum Gasteiger partial charge on any atom is 0.258 e. The van der Waals surface area contributed by atoms with Crippen molar-refractivity contribution in [2.24, 2.45) is 11.8 Å². The molecule has 1 amide bonds. The van der Waals surface area contributed by atoms with Crippen molar-refractivity contribution in [3.63, 3.8) is 0 Å². The van der Waals surface area contributed by atoms with E-state index in [-0.39, 0.29) is 11.9 Å². The third-order valence-electron chi connectivity index (χ3n) is 3.88. The summed E-state index contributed by atoms with van der Waals surface area (Å²) in [5.74, 6) is 1.60. The molecular weight excluding hydrogens is 284 g/mol. The van der Waals surface area contributed by atoms with Crippen LogP contribution in [0.4, 0.5) is 10.8 Å². The van der Waals surface area contributed by atoms with E-state index in [4.69, 9.17) is 5.73 Å². The number of carbonyl (C=O) groups excluding carboxylic acids is 1. The van der Waals surface area contributed by atoms with Crippen molar-refractivity contribution < 1.29 is 4.79 Å². The minimum atomic E-state index is -0.143. The molecule has 1 aliphatic rings. The van der Waals surface area contributed by atoms with Crippen LogP contribution in [0.3, 0.4) is 0 Å². The molecule has 2 atom stereocenters. The smallest absolute Gasteiger partial charge is 0.258 e. The highest BCUT2D eigenvalue weighted by Crippen LogP contribution is 2.34. The molecule has 1 aromatic rings. The number of hydrogen-bond acceptors (Lipinski definition) is 5. The van der Waals surface area contributed by atoms with Crippen LogP contribution in [0.1, 0.15) is 57.3 Å². The first kappa shape index (κ1) is 16.1.